The summed E-state index contributed by atoms with van der Waals surface area (Å²) in [4.78, 5) is 31.7. The fourth-order valence-electron chi connectivity index (χ4n) is 4.28. The Hall–Kier alpha value is -3.19. The molecule has 4 atom stereocenters. The van der Waals surface area contributed by atoms with Crippen LogP contribution in [0.3, 0.4) is 0 Å². The Morgan fingerprint density at radius 2 is 1.69 bits per heavy atom. The number of hydrogen-bond acceptors (Lipinski definition) is 11. The van der Waals surface area contributed by atoms with Crippen LogP contribution in [-0.4, -0.2) is 62.3 Å². The normalized spacial score (nSPS) is 19.8. The zero-order chi connectivity index (χ0) is 33.4. The van der Waals surface area contributed by atoms with E-state index in [2.05, 4.69) is 10.6 Å². The van der Waals surface area contributed by atoms with Crippen LogP contribution in [0, 0.1) is 5.92 Å². The topological polar surface area (TPSA) is 149 Å². The predicted octanol–water partition coefficient (Wildman–Crippen LogP) is 4.93. The molecule has 45 heavy (non-hydrogen) atoms. The van der Waals surface area contributed by atoms with Gasteiger partial charge in [-0.05, 0) is 64.8 Å². The summed E-state index contributed by atoms with van der Waals surface area (Å²) in [7, 11) is -1.21. The van der Waals surface area contributed by atoms with E-state index in [1.165, 1.54) is 7.11 Å². The van der Waals surface area contributed by atoms with Crippen molar-refractivity contribution in [1.82, 2.24) is 10.6 Å². The third-order valence-corrected chi connectivity index (χ3v) is 7.87. The van der Waals surface area contributed by atoms with Gasteiger partial charge in [-0.25, -0.2) is 10.0 Å². The Morgan fingerprint density at radius 1 is 1.00 bits per heavy atom. The summed E-state index contributed by atoms with van der Waals surface area (Å²) in [6, 6.07) is 12.5. The number of benzene rings is 2. The van der Waals surface area contributed by atoms with E-state index in [1.54, 1.807) is 104 Å². The molecule has 2 aromatic carbocycles. The maximum Gasteiger partial charge on any atom is 0.459 e. The average molecular weight is 653 g/mol. The summed E-state index contributed by atoms with van der Waals surface area (Å²) >= 11 is 0. The monoisotopic (exact) mass is 652 g/mol. The molecule has 1 unspecified atom stereocenters. The lowest BCUT2D eigenvalue weighted by Crippen LogP contribution is -2.45. The number of methoxy groups -OCH3 is 2. The minimum absolute atomic E-state index is 0.0116. The molecule has 0 saturated carbocycles. The van der Waals surface area contributed by atoms with Crippen molar-refractivity contribution in [3.8, 4) is 17.2 Å². The fraction of sp³-hybridized carbons (Fsp3) is 0.548. The van der Waals surface area contributed by atoms with Crippen LogP contribution in [-0.2, 0) is 44.3 Å². The summed E-state index contributed by atoms with van der Waals surface area (Å²) in [5.41, 5.74) is 2.26. The molecule has 1 amide bonds. The van der Waals surface area contributed by atoms with Crippen LogP contribution in [0.4, 0.5) is 0 Å². The number of carbonyl (C=O) groups is 2. The van der Waals surface area contributed by atoms with Crippen LogP contribution in [0.2, 0.25) is 0 Å². The molecule has 13 nitrogen and oxygen atoms in total. The zero-order valence-electron chi connectivity index (χ0n) is 27.3. The molecule has 2 aromatic rings. The highest BCUT2D eigenvalue weighted by Gasteiger charge is 2.47. The van der Waals surface area contributed by atoms with Crippen molar-refractivity contribution in [3.05, 3.63) is 54.1 Å². The molecule has 1 heterocycles. The predicted molar refractivity (Wildman–Crippen MR) is 165 cm³/mol. The molecule has 1 aliphatic heterocycles. The summed E-state index contributed by atoms with van der Waals surface area (Å²) in [5.74, 6) is -1.44. The molecule has 1 aliphatic rings. The van der Waals surface area contributed by atoms with E-state index < -0.39 is 55.9 Å². The number of ether oxygens (including phenoxy) is 5. The quantitative estimate of drug-likeness (QED) is 0.153. The van der Waals surface area contributed by atoms with Gasteiger partial charge in [0.15, 0.2) is 11.9 Å². The fourth-order valence-corrected chi connectivity index (χ4v) is 5.95. The highest BCUT2D eigenvalue weighted by Crippen LogP contribution is 2.46. The molecule has 2 N–H and O–H groups in total. The summed E-state index contributed by atoms with van der Waals surface area (Å²) in [6.07, 6.45) is -2.22. The second-order valence-corrected chi connectivity index (χ2v) is 13.8. The van der Waals surface area contributed by atoms with Gasteiger partial charge in [0, 0.05) is 11.6 Å². The Labute approximate surface area is 264 Å². The Morgan fingerprint density at radius 3 is 2.29 bits per heavy atom. The first-order valence-corrected chi connectivity index (χ1v) is 16.1. The van der Waals surface area contributed by atoms with Gasteiger partial charge in [-0.3, -0.25) is 19.0 Å². The Kier molecular flexibility index (Phi) is 12.4. The van der Waals surface area contributed by atoms with Crippen molar-refractivity contribution in [2.75, 3.05) is 20.8 Å². The standard InChI is InChI=1S/C31H45N2O11P/c1-20(2)26(29(35)43-30(3,4)5)33-45(36,44-22-13-11-10-12-14-22)40-19-25-27(42-31(6,7)41-25)28(34)32-39-18-21-15-16-23(37-8)17-24(21)38-9/h10-17,20,25-27H,18-19H2,1-9H3,(H,32,34)(H,33,36)/t25-,26+,27-,45?/m1/s1. The Bertz CT molecular complexity index is 1330. The minimum Gasteiger partial charge on any atom is -0.497 e. The number of rotatable bonds is 15. The molecule has 1 fully saturated rings. The van der Waals surface area contributed by atoms with Gasteiger partial charge in [0.1, 0.15) is 41.6 Å². The molecular weight excluding hydrogens is 607 g/mol. The smallest absolute Gasteiger partial charge is 0.459 e. The third-order valence-electron chi connectivity index (χ3n) is 6.34. The van der Waals surface area contributed by atoms with Crippen LogP contribution in [0.25, 0.3) is 0 Å². The molecule has 14 heteroatoms. The molecular formula is C31H45N2O11P. The van der Waals surface area contributed by atoms with E-state index in [-0.39, 0.29) is 18.3 Å². The molecule has 0 aliphatic carbocycles. The first kappa shape index (κ1) is 36.3. The number of carbonyl (C=O) groups excluding carboxylic acids is 2. The van der Waals surface area contributed by atoms with Crippen LogP contribution in [0.5, 0.6) is 17.2 Å². The summed E-state index contributed by atoms with van der Waals surface area (Å²) in [6.45, 7) is 11.6. The lowest BCUT2D eigenvalue weighted by molar-refractivity contribution is -0.163. The van der Waals surface area contributed by atoms with E-state index in [0.717, 1.165) is 0 Å². The van der Waals surface area contributed by atoms with Crippen molar-refractivity contribution < 1.29 is 51.7 Å². The lowest BCUT2D eigenvalue weighted by Gasteiger charge is -2.30. The molecule has 250 valence electrons. The first-order chi connectivity index (χ1) is 21.0. The largest absolute Gasteiger partial charge is 0.497 e. The zero-order valence-corrected chi connectivity index (χ0v) is 28.2. The third kappa shape index (κ3) is 11.0. The van der Waals surface area contributed by atoms with Crippen LogP contribution < -0.4 is 24.6 Å². The van der Waals surface area contributed by atoms with Crippen LogP contribution in [0.1, 0.15) is 54.0 Å². The van der Waals surface area contributed by atoms with Gasteiger partial charge >= 0.3 is 13.7 Å². The van der Waals surface area contributed by atoms with Gasteiger partial charge in [0.25, 0.3) is 5.91 Å². The average Bonchev–Trinajstić information content (AvgIpc) is 3.28. The lowest BCUT2D eigenvalue weighted by atomic mass is 10.1. The van der Waals surface area contributed by atoms with Gasteiger partial charge in [0.05, 0.1) is 20.8 Å². The Balaban J connectivity index is 1.74. The van der Waals surface area contributed by atoms with Gasteiger partial charge in [-0.1, -0.05) is 32.0 Å². The van der Waals surface area contributed by atoms with E-state index in [1.807, 2.05) is 0 Å². The highest BCUT2D eigenvalue weighted by atomic mass is 31.2. The SMILES string of the molecule is COc1ccc(CONC(=O)[C@@H]2OC(C)(C)O[C@@H]2COP(=O)(N[C@H](C(=O)OC(C)(C)C)C(C)C)Oc2ccccc2)c(OC)c1. The van der Waals surface area contributed by atoms with E-state index >= 15 is 0 Å². The van der Waals surface area contributed by atoms with Gasteiger partial charge in [-0.15, -0.1) is 0 Å². The second kappa shape index (κ2) is 15.4. The van der Waals surface area contributed by atoms with Crippen molar-refractivity contribution in [2.45, 2.75) is 84.7 Å². The number of para-hydroxylation sites is 1. The van der Waals surface area contributed by atoms with Gasteiger partial charge in [-0.2, -0.15) is 5.09 Å². The van der Waals surface area contributed by atoms with E-state index in [4.69, 9.17) is 37.6 Å². The first-order valence-electron chi connectivity index (χ1n) is 14.5. The number of hydrogen-bond donors (Lipinski definition) is 2. The van der Waals surface area contributed by atoms with Crippen LogP contribution >= 0.6 is 7.75 Å². The summed E-state index contributed by atoms with van der Waals surface area (Å²) in [5, 5.41) is 2.76. The van der Waals surface area contributed by atoms with Crippen molar-refractivity contribution in [2.24, 2.45) is 5.92 Å². The van der Waals surface area contributed by atoms with E-state index in [9.17, 15) is 14.2 Å². The maximum atomic E-state index is 14.2. The van der Waals surface area contributed by atoms with Crippen LogP contribution in [0.15, 0.2) is 48.5 Å². The summed E-state index contributed by atoms with van der Waals surface area (Å²) < 4.78 is 53.7. The molecule has 0 spiro atoms. The molecule has 3 rings (SSSR count). The number of nitrogens with one attached hydrogen (secondary N) is 2. The van der Waals surface area contributed by atoms with Gasteiger partial charge < -0.3 is 28.2 Å². The van der Waals surface area contributed by atoms with Crippen molar-refractivity contribution in [3.63, 3.8) is 0 Å². The van der Waals surface area contributed by atoms with Crippen molar-refractivity contribution >= 4 is 19.6 Å². The molecule has 0 aromatic heterocycles. The van der Waals surface area contributed by atoms with E-state index in [0.29, 0.717) is 17.1 Å². The van der Waals surface area contributed by atoms with Gasteiger partial charge in [0.2, 0.25) is 0 Å². The minimum atomic E-state index is -4.27. The van der Waals surface area contributed by atoms with Crippen molar-refractivity contribution in [1.29, 1.82) is 0 Å². The molecule has 0 radical (unpaired) electrons. The number of amides is 1. The molecule has 0 bridgehead atoms. The number of hydroxylamine groups is 1. The second-order valence-electron chi connectivity index (χ2n) is 12.1. The number of esters is 1. The maximum absolute atomic E-state index is 14.2. The molecule has 1 saturated heterocycles. The highest BCUT2D eigenvalue weighted by molar-refractivity contribution is 7.52.